The molecule has 2 aromatic heterocycles. The van der Waals surface area contributed by atoms with Gasteiger partial charge in [0.05, 0.1) is 11.1 Å². The third-order valence-electron chi connectivity index (χ3n) is 2.30. The highest BCUT2D eigenvalue weighted by molar-refractivity contribution is 7.98. The fourth-order valence-electron chi connectivity index (χ4n) is 1.57. The van der Waals surface area contributed by atoms with Crippen molar-refractivity contribution >= 4 is 39.1 Å². The highest BCUT2D eigenvalue weighted by Gasteiger charge is 2.07. The molecule has 0 unspecified atom stereocenters. The van der Waals surface area contributed by atoms with Crippen LogP contribution in [0.3, 0.4) is 0 Å². The van der Waals surface area contributed by atoms with Crippen molar-refractivity contribution in [1.29, 1.82) is 0 Å². The SMILES string of the molecule is CCCSCc1nc(NCC)c2ccsc2n1. The summed E-state index contributed by atoms with van der Waals surface area (Å²) in [6.45, 7) is 5.18. The molecule has 2 rings (SSSR count). The van der Waals surface area contributed by atoms with E-state index in [-0.39, 0.29) is 0 Å². The number of thioether (sulfide) groups is 1. The van der Waals surface area contributed by atoms with Crippen LogP contribution in [0.15, 0.2) is 11.4 Å². The van der Waals surface area contributed by atoms with Crippen molar-refractivity contribution in [1.82, 2.24) is 9.97 Å². The summed E-state index contributed by atoms with van der Waals surface area (Å²) < 4.78 is 0. The predicted molar refractivity (Wildman–Crippen MR) is 78.0 cm³/mol. The molecule has 0 aliphatic carbocycles. The number of anilines is 1. The minimum absolute atomic E-state index is 0.892. The van der Waals surface area contributed by atoms with E-state index in [9.17, 15) is 0 Å². The molecule has 0 atom stereocenters. The number of thiophene rings is 1. The van der Waals surface area contributed by atoms with Crippen LogP contribution in [0.1, 0.15) is 26.1 Å². The van der Waals surface area contributed by atoms with Crippen LogP contribution < -0.4 is 5.32 Å². The van der Waals surface area contributed by atoms with E-state index in [0.29, 0.717) is 0 Å². The second-order valence-electron chi connectivity index (χ2n) is 3.71. The highest BCUT2D eigenvalue weighted by Crippen LogP contribution is 2.26. The van der Waals surface area contributed by atoms with Gasteiger partial charge in [-0.25, -0.2) is 9.97 Å². The second-order valence-corrected chi connectivity index (χ2v) is 5.71. The van der Waals surface area contributed by atoms with Gasteiger partial charge in [-0.2, -0.15) is 11.8 Å². The second kappa shape index (κ2) is 6.21. The normalized spacial score (nSPS) is 10.9. The zero-order valence-corrected chi connectivity index (χ0v) is 11.8. The number of nitrogens with one attached hydrogen (secondary N) is 1. The molecular formula is C12H17N3S2. The largest absolute Gasteiger partial charge is 0.370 e. The Morgan fingerprint density at radius 1 is 1.35 bits per heavy atom. The van der Waals surface area contributed by atoms with Crippen molar-refractivity contribution in [2.45, 2.75) is 26.0 Å². The van der Waals surface area contributed by atoms with E-state index in [0.717, 1.165) is 34.2 Å². The Bertz CT molecular complexity index is 482. The molecule has 0 aliphatic heterocycles. The standard InChI is InChI=1S/C12H17N3S2/c1-3-6-16-8-10-14-11(13-4-2)9-5-7-17-12(9)15-10/h5,7H,3-4,6,8H2,1-2H3,(H,13,14,15). The van der Waals surface area contributed by atoms with Gasteiger partial charge in [-0.1, -0.05) is 6.92 Å². The van der Waals surface area contributed by atoms with Crippen molar-refractivity contribution in [3.8, 4) is 0 Å². The molecule has 2 aromatic rings. The van der Waals surface area contributed by atoms with Gasteiger partial charge in [-0.05, 0) is 30.5 Å². The molecule has 92 valence electrons. The van der Waals surface area contributed by atoms with E-state index in [1.54, 1.807) is 11.3 Å². The van der Waals surface area contributed by atoms with Crippen LogP contribution in [0.2, 0.25) is 0 Å². The topological polar surface area (TPSA) is 37.8 Å². The molecule has 0 fully saturated rings. The van der Waals surface area contributed by atoms with Gasteiger partial charge in [0.2, 0.25) is 0 Å². The molecule has 0 radical (unpaired) electrons. The first-order valence-electron chi connectivity index (χ1n) is 5.90. The maximum absolute atomic E-state index is 4.60. The van der Waals surface area contributed by atoms with E-state index in [2.05, 4.69) is 40.6 Å². The monoisotopic (exact) mass is 267 g/mol. The zero-order chi connectivity index (χ0) is 12.1. The number of hydrogen-bond donors (Lipinski definition) is 1. The number of hydrogen-bond acceptors (Lipinski definition) is 5. The van der Waals surface area contributed by atoms with Crippen LogP contribution >= 0.6 is 23.1 Å². The van der Waals surface area contributed by atoms with E-state index in [4.69, 9.17) is 0 Å². The molecule has 2 heterocycles. The van der Waals surface area contributed by atoms with Crippen LogP contribution in [0, 0.1) is 0 Å². The maximum Gasteiger partial charge on any atom is 0.142 e. The number of rotatable bonds is 6. The first kappa shape index (κ1) is 12.6. The van der Waals surface area contributed by atoms with Crippen molar-refractivity contribution in [2.75, 3.05) is 17.6 Å². The minimum Gasteiger partial charge on any atom is -0.370 e. The van der Waals surface area contributed by atoms with Crippen LogP contribution in [-0.2, 0) is 5.75 Å². The molecule has 3 nitrogen and oxygen atoms in total. The van der Waals surface area contributed by atoms with Gasteiger partial charge in [0.15, 0.2) is 0 Å². The highest BCUT2D eigenvalue weighted by atomic mass is 32.2. The summed E-state index contributed by atoms with van der Waals surface area (Å²) in [5.41, 5.74) is 0. The number of fused-ring (bicyclic) bond motifs is 1. The van der Waals surface area contributed by atoms with Gasteiger partial charge in [0, 0.05) is 6.54 Å². The third-order valence-corrected chi connectivity index (χ3v) is 4.26. The lowest BCUT2D eigenvalue weighted by Crippen LogP contribution is -2.03. The fraction of sp³-hybridized carbons (Fsp3) is 0.500. The molecule has 0 saturated carbocycles. The van der Waals surface area contributed by atoms with Gasteiger partial charge in [-0.15, -0.1) is 11.3 Å². The first-order valence-corrected chi connectivity index (χ1v) is 7.94. The van der Waals surface area contributed by atoms with Crippen molar-refractivity contribution in [3.05, 3.63) is 17.3 Å². The van der Waals surface area contributed by atoms with Crippen molar-refractivity contribution in [2.24, 2.45) is 0 Å². The van der Waals surface area contributed by atoms with Crippen LogP contribution in [0.4, 0.5) is 5.82 Å². The summed E-state index contributed by atoms with van der Waals surface area (Å²) in [5.74, 6) is 3.99. The molecule has 0 aliphatic rings. The smallest absolute Gasteiger partial charge is 0.142 e. The molecule has 17 heavy (non-hydrogen) atoms. The van der Waals surface area contributed by atoms with Crippen LogP contribution in [0.25, 0.3) is 10.2 Å². The summed E-state index contributed by atoms with van der Waals surface area (Å²) in [5, 5.41) is 6.53. The number of aromatic nitrogens is 2. The molecule has 0 amide bonds. The molecule has 0 saturated heterocycles. The number of nitrogens with zero attached hydrogens (tertiary/aromatic N) is 2. The van der Waals surface area contributed by atoms with E-state index < -0.39 is 0 Å². The van der Waals surface area contributed by atoms with Crippen molar-refractivity contribution in [3.63, 3.8) is 0 Å². The van der Waals surface area contributed by atoms with Gasteiger partial charge in [0.25, 0.3) is 0 Å². The Balaban J connectivity index is 2.24. The van der Waals surface area contributed by atoms with Crippen LogP contribution in [-0.4, -0.2) is 22.3 Å². The lowest BCUT2D eigenvalue weighted by atomic mass is 10.3. The Hall–Kier alpha value is -0.810. The van der Waals surface area contributed by atoms with Gasteiger partial charge in [-0.3, -0.25) is 0 Å². The summed E-state index contributed by atoms with van der Waals surface area (Å²) in [6.07, 6.45) is 1.20. The fourth-order valence-corrected chi connectivity index (χ4v) is 3.10. The third kappa shape index (κ3) is 3.10. The Morgan fingerprint density at radius 3 is 3.00 bits per heavy atom. The van der Waals surface area contributed by atoms with E-state index in [1.807, 2.05) is 11.8 Å². The Labute approximate surface area is 110 Å². The average Bonchev–Trinajstić information content (AvgIpc) is 2.78. The molecule has 5 heteroatoms. The van der Waals surface area contributed by atoms with Gasteiger partial charge < -0.3 is 5.32 Å². The zero-order valence-electron chi connectivity index (χ0n) is 10.2. The lowest BCUT2D eigenvalue weighted by Gasteiger charge is -2.06. The average molecular weight is 267 g/mol. The first-order chi connectivity index (χ1) is 8.35. The summed E-state index contributed by atoms with van der Waals surface area (Å²) >= 11 is 3.58. The van der Waals surface area contributed by atoms with Crippen molar-refractivity contribution < 1.29 is 0 Å². The molecule has 0 aromatic carbocycles. The van der Waals surface area contributed by atoms with Gasteiger partial charge in [0.1, 0.15) is 16.5 Å². The van der Waals surface area contributed by atoms with E-state index in [1.165, 1.54) is 12.2 Å². The molecule has 1 N–H and O–H groups in total. The molecule has 0 bridgehead atoms. The molecular weight excluding hydrogens is 250 g/mol. The quantitative estimate of drug-likeness (QED) is 0.809. The van der Waals surface area contributed by atoms with E-state index >= 15 is 0 Å². The van der Waals surface area contributed by atoms with Crippen LogP contribution in [0.5, 0.6) is 0 Å². The Morgan fingerprint density at radius 2 is 2.24 bits per heavy atom. The maximum atomic E-state index is 4.60. The summed E-state index contributed by atoms with van der Waals surface area (Å²) in [7, 11) is 0. The molecule has 0 spiro atoms. The Kier molecular flexibility index (Phi) is 4.62. The minimum atomic E-state index is 0.892. The summed E-state index contributed by atoms with van der Waals surface area (Å²) in [6, 6.07) is 2.08. The lowest BCUT2D eigenvalue weighted by molar-refractivity contribution is 1.05. The van der Waals surface area contributed by atoms with Gasteiger partial charge >= 0.3 is 0 Å². The predicted octanol–water partition coefficient (Wildman–Crippen LogP) is 3.77. The summed E-state index contributed by atoms with van der Waals surface area (Å²) in [4.78, 5) is 10.3.